The highest BCUT2D eigenvalue weighted by Gasteiger charge is 2.18. The Labute approximate surface area is 128 Å². The van der Waals surface area contributed by atoms with Crippen LogP contribution in [0, 0.1) is 0 Å². The molecule has 0 aliphatic rings. The molecule has 0 saturated heterocycles. The molecule has 0 aliphatic carbocycles. The smallest absolute Gasteiger partial charge is 0.229 e. The van der Waals surface area contributed by atoms with Crippen LogP contribution < -0.4 is 4.43 Å². The average molecular weight is 427 g/mol. The fraction of sp³-hybridized carbons (Fsp3) is 0.538. The molecule has 0 spiro atoms. The van der Waals surface area contributed by atoms with Crippen LogP contribution in [0.1, 0.15) is 31.9 Å². The van der Waals surface area contributed by atoms with Crippen molar-refractivity contribution in [3.8, 4) is 5.75 Å². The Morgan fingerprint density at radius 2 is 1.88 bits per heavy atom. The molecule has 1 aromatic carbocycles. The number of hydrogen-bond acceptors (Lipinski definition) is 1. The quantitative estimate of drug-likeness (QED) is 0.373. The van der Waals surface area contributed by atoms with E-state index in [1.807, 2.05) is 0 Å². The van der Waals surface area contributed by atoms with Gasteiger partial charge in [0, 0.05) is 4.43 Å². The van der Waals surface area contributed by atoms with Crippen LogP contribution in [0.3, 0.4) is 0 Å². The molecule has 1 aromatic rings. The van der Waals surface area contributed by atoms with Crippen molar-refractivity contribution < 1.29 is 4.43 Å². The number of alkyl halides is 1. The molecule has 0 N–H and O–H groups in total. The van der Waals surface area contributed by atoms with Gasteiger partial charge in [-0.25, -0.2) is 0 Å². The number of benzene rings is 1. The van der Waals surface area contributed by atoms with Crippen LogP contribution in [0.2, 0.25) is 13.1 Å². The Kier molecular flexibility index (Phi) is 5.53. The zero-order chi connectivity index (χ0) is 13.2. The summed E-state index contributed by atoms with van der Waals surface area (Å²) in [5.74, 6) is 1.02. The Morgan fingerprint density at radius 1 is 1.29 bits per heavy atom. The van der Waals surface area contributed by atoms with Crippen LogP contribution in [0.15, 0.2) is 16.6 Å². The predicted octanol–water partition coefficient (Wildman–Crippen LogP) is 5.04. The van der Waals surface area contributed by atoms with Crippen LogP contribution in [0.25, 0.3) is 0 Å². The van der Waals surface area contributed by atoms with Gasteiger partial charge in [0.1, 0.15) is 5.75 Å². The number of rotatable bonds is 3. The zero-order valence-corrected chi connectivity index (χ0v) is 16.0. The molecule has 0 amide bonds. The summed E-state index contributed by atoms with van der Waals surface area (Å²) in [5.41, 5.74) is 2.83. The molecular weight excluding hydrogens is 407 g/mol. The molecule has 0 unspecified atom stereocenters. The average Bonchev–Trinajstić information content (AvgIpc) is 2.18. The van der Waals surface area contributed by atoms with Gasteiger partial charge < -0.3 is 4.43 Å². The van der Waals surface area contributed by atoms with Gasteiger partial charge >= 0.3 is 0 Å². The van der Waals surface area contributed by atoms with E-state index in [2.05, 4.69) is 84.5 Å². The van der Waals surface area contributed by atoms with Crippen molar-refractivity contribution in [3.63, 3.8) is 0 Å². The summed E-state index contributed by atoms with van der Waals surface area (Å²) >= 11 is 6.06. The summed E-state index contributed by atoms with van der Waals surface area (Å²) in [7, 11) is -1.06. The molecule has 0 aliphatic heterocycles. The molecule has 0 atom stereocenters. The summed E-state index contributed by atoms with van der Waals surface area (Å²) in [6.45, 7) is 11.1. The van der Waals surface area contributed by atoms with E-state index in [0.29, 0.717) is 0 Å². The lowest BCUT2D eigenvalue weighted by molar-refractivity contribution is 0.556. The summed E-state index contributed by atoms with van der Waals surface area (Å²) in [5, 5.41) is 0. The molecule has 0 bridgehead atoms. The summed E-state index contributed by atoms with van der Waals surface area (Å²) < 4.78 is 8.14. The van der Waals surface area contributed by atoms with Gasteiger partial charge in [0.15, 0.2) is 0 Å². The van der Waals surface area contributed by atoms with Gasteiger partial charge in [0.2, 0.25) is 9.04 Å². The monoisotopic (exact) mass is 426 g/mol. The highest BCUT2D eigenvalue weighted by atomic mass is 127. The van der Waals surface area contributed by atoms with Gasteiger partial charge in [-0.3, -0.25) is 0 Å². The van der Waals surface area contributed by atoms with Crippen LogP contribution in [0.4, 0.5) is 0 Å². The van der Waals surface area contributed by atoms with Crippen molar-refractivity contribution >= 4 is 47.6 Å². The Morgan fingerprint density at radius 3 is 2.29 bits per heavy atom. The fourth-order valence-corrected chi connectivity index (χ4v) is 3.98. The van der Waals surface area contributed by atoms with Crippen molar-refractivity contribution in [2.45, 2.75) is 43.7 Å². The molecule has 0 aromatic heterocycles. The summed E-state index contributed by atoms with van der Waals surface area (Å²) in [6.07, 6.45) is 0. The van der Waals surface area contributed by atoms with Gasteiger partial charge in [-0.05, 0) is 51.6 Å². The Balaban J connectivity index is 3.28. The maximum absolute atomic E-state index is 6.01. The first-order chi connectivity index (χ1) is 7.75. The lowest BCUT2D eigenvalue weighted by Crippen LogP contribution is -2.15. The third kappa shape index (κ3) is 4.24. The van der Waals surface area contributed by atoms with Crippen molar-refractivity contribution in [3.05, 3.63) is 27.7 Å². The maximum atomic E-state index is 6.01. The standard InChI is InChI=1S/C13H20BrIOSi/c1-13(2,3)10-6-9(8-15)12(14)11(7-10)16-17(4)5/h6-7,17H,8H2,1-5H3. The van der Waals surface area contributed by atoms with Gasteiger partial charge in [-0.1, -0.05) is 49.4 Å². The number of halogens is 2. The largest absolute Gasteiger partial charge is 0.546 e. The van der Waals surface area contributed by atoms with Gasteiger partial charge in [0.25, 0.3) is 0 Å². The topological polar surface area (TPSA) is 9.23 Å². The second-order valence-electron chi connectivity index (χ2n) is 5.50. The van der Waals surface area contributed by atoms with E-state index >= 15 is 0 Å². The minimum absolute atomic E-state index is 0.165. The van der Waals surface area contributed by atoms with E-state index < -0.39 is 9.04 Å². The molecule has 0 saturated carbocycles. The summed E-state index contributed by atoms with van der Waals surface area (Å²) in [6, 6.07) is 4.47. The Bertz CT molecular complexity index is 399. The van der Waals surface area contributed by atoms with Crippen LogP contribution >= 0.6 is 38.5 Å². The van der Waals surface area contributed by atoms with E-state index in [1.165, 1.54) is 11.1 Å². The normalized spacial score (nSPS) is 12.0. The molecule has 96 valence electrons. The second kappa shape index (κ2) is 6.06. The SMILES string of the molecule is C[SiH](C)Oc1cc(C(C)(C)C)cc(CI)c1Br. The third-order valence-electron chi connectivity index (χ3n) is 2.49. The van der Waals surface area contributed by atoms with Crippen LogP contribution in [-0.4, -0.2) is 9.04 Å². The maximum Gasteiger partial charge on any atom is 0.229 e. The van der Waals surface area contributed by atoms with Crippen molar-refractivity contribution in [1.29, 1.82) is 0 Å². The predicted molar refractivity (Wildman–Crippen MR) is 90.1 cm³/mol. The van der Waals surface area contributed by atoms with Crippen LogP contribution in [0.5, 0.6) is 5.75 Å². The summed E-state index contributed by atoms with van der Waals surface area (Å²) in [4.78, 5) is 0. The van der Waals surface area contributed by atoms with E-state index in [0.717, 1.165) is 14.6 Å². The molecular formula is C13H20BrIOSi. The third-order valence-corrected chi connectivity index (χ3v) is 4.93. The lowest BCUT2D eigenvalue weighted by Gasteiger charge is -2.23. The molecule has 17 heavy (non-hydrogen) atoms. The van der Waals surface area contributed by atoms with Gasteiger partial charge in [-0.15, -0.1) is 0 Å². The van der Waals surface area contributed by atoms with Gasteiger partial charge in [0.05, 0.1) is 4.47 Å². The molecule has 0 radical (unpaired) electrons. The van der Waals surface area contributed by atoms with Crippen molar-refractivity contribution in [1.82, 2.24) is 0 Å². The fourth-order valence-electron chi connectivity index (χ4n) is 1.53. The highest BCUT2D eigenvalue weighted by Crippen LogP contribution is 2.36. The van der Waals surface area contributed by atoms with Crippen LogP contribution in [-0.2, 0) is 9.84 Å². The van der Waals surface area contributed by atoms with Gasteiger partial charge in [-0.2, -0.15) is 0 Å². The highest BCUT2D eigenvalue weighted by molar-refractivity contribution is 14.1. The van der Waals surface area contributed by atoms with E-state index in [1.54, 1.807) is 0 Å². The molecule has 1 rings (SSSR count). The first-order valence-electron chi connectivity index (χ1n) is 5.81. The van der Waals surface area contributed by atoms with Crippen molar-refractivity contribution in [2.24, 2.45) is 0 Å². The van der Waals surface area contributed by atoms with E-state index in [9.17, 15) is 0 Å². The van der Waals surface area contributed by atoms with Crippen molar-refractivity contribution in [2.75, 3.05) is 0 Å². The first-order valence-corrected chi connectivity index (χ1v) is 10.9. The van der Waals surface area contributed by atoms with E-state index in [4.69, 9.17) is 4.43 Å². The van der Waals surface area contributed by atoms with E-state index in [-0.39, 0.29) is 5.41 Å². The number of hydrogen-bond donors (Lipinski definition) is 0. The second-order valence-corrected chi connectivity index (χ2v) is 9.39. The molecule has 4 heteroatoms. The lowest BCUT2D eigenvalue weighted by atomic mass is 9.86. The first kappa shape index (κ1) is 15.5. The minimum atomic E-state index is -1.06. The molecule has 0 heterocycles. The minimum Gasteiger partial charge on any atom is -0.546 e. The molecule has 1 nitrogen and oxygen atoms in total. The zero-order valence-electron chi connectivity index (χ0n) is 11.1. The Hall–Kier alpha value is 0.447. The molecule has 0 fully saturated rings.